The van der Waals surface area contributed by atoms with E-state index < -0.39 is 0 Å². The number of likely N-dealkylation sites (tertiary alicyclic amines) is 1. The number of carbonyl (C=O) groups is 2. The van der Waals surface area contributed by atoms with Crippen molar-refractivity contribution in [1.82, 2.24) is 15.2 Å². The van der Waals surface area contributed by atoms with E-state index in [9.17, 15) is 9.59 Å². The maximum atomic E-state index is 12.9. The first-order valence-electron chi connectivity index (χ1n) is 11.7. The average molecular weight is 436 g/mol. The molecule has 1 aliphatic carbocycles. The molecule has 2 aromatic rings. The minimum Gasteiger partial charge on any atom is -0.491 e. The number of carbonyl (C=O) groups excluding carboxylic acids is 2. The van der Waals surface area contributed by atoms with Crippen molar-refractivity contribution in [3.8, 4) is 5.75 Å². The number of rotatable bonds is 8. The van der Waals surface area contributed by atoms with E-state index in [1.165, 1.54) is 5.56 Å². The van der Waals surface area contributed by atoms with Crippen LogP contribution in [0, 0.1) is 11.3 Å². The quantitative estimate of drug-likeness (QED) is 0.639. The Morgan fingerprint density at radius 1 is 1.12 bits per heavy atom. The van der Waals surface area contributed by atoms with Crippen molar-refractivity contribution in [3.05, 3.63) is 59.9 Å². The number of hydrogen-bond acceptors (Lipinski definition) is 4. The van der Waals surface area contributed by atoms with Gasteiger partial charge in [-0.15, -0.1) is 0 Å². The summed E-state index contributed by atoms with van der Waals surface area (Å²) >= 11 is 0. The van der Waals surface area contributed by atoms with Crippen molar-refractivity contribution in [2.75, 3.05) is 19.6 Å². The number of amides is 2. The van der Waals surface area contributed by atoms with Crippen LogP contribution in [0.3, 0.4) is 0 Å². The number of pyridine rings is 1. The summed E-state index contributed by atoms with van der Waals surface area (Å²) in [5.74, 6) is 1.13. The fraction of sp³-hybridized carbons (Fsp3) is 0.500. The van der Waals surface area contributed by atoms with Crippen LogP contribution < -0.4 is 10.1 Å². The minimum atomic E-state index is 0.0636. The van der Waals surface area contributed by atoms with Gasteiger partial charge in [-0.1, -0.05) is 0 Å². The third-order valence-corrected chi connectivity index (χ3v) is 6.72. The van der Waals surface area contributed by atoms with Crippen molar-refractivity contribution in [2.24, 2.45) is 11.3 Å². The smallest absolute Gasteiger partial charge is 0.253 e. The van der Waals surface area contributed by atoms with Gasteiger partial charge in [-0.2, -0.15) is 0 Å². The molecule has 1 atom stereocenters. The van der Waals surface area contributed by atoms with Crippen LogP contribution in [-0.2, 0) is 11.2 Å². The third-order valence-electron chi connectivity index (χ3n) is 6.72. The molecule has 1 spiro atoms. The Morgan fingerprint density at radius 3 is 2.47 bits per heavy atom. The van der Waals surface area contributed by atoms with Crippen molar-refractivity contribution in [3.63, 3.8) is 0 Å². The van der Waals surface area contributed by atoms with E-state index in [0.29, 0.717) is 12.1 Å². The van der Waals surface area contributed by atoms with Crippen molar-refractivity contribution in [2.45, 2.75) is 52.1 Å². The number of piperidine rings is 1. The monoisotopic (exact) mass is 435 g/mol. The molecule has 1 N–H and O–H groups in total. The topological polar surface area (TPSA) is 71.5 Å². The lowest BCUT2D eigenvalue weighted by molar-refractivity contribution is -0.123. The van der Waals surface area contributed by atoms with Gasteiger partial charge in [0.15, 0.2) is 0 Å². The molecule has 2 heterocycles. The van der Waals surface area contributed by atoms with Crippen LogP contribution >= 0.6 is 0 Å². The maximum absolute atomic E-state index is 12.9. The van der Waals surface area contributed by atoms with E-state index in [4.69, 9.17) is 4.74 Å². The Balaban J connectivity index is 1.20. The van der Waals surface area contributed by atoms with E-state index in [-0.39, 0.29) is 29.3 Å². The van der Waals surface area contributed by atoms with Crippen molar-refractivity contribution < 1.29 is 14.3 Å². The Bertz CT molecular complexity index is 919. The molecule has 6 heteroatoms. The lowest BCUT2D eigenvalue weighted by Crippen LogP contribution is -2.40. The van der Waals surface area contributed by atoms with Gasteiger partial charge in [-0.25, -0.2) is 0 Å². The van der Waals surface area contributed by atoms with Gasteiger partial charge in [0.05, 0.1) is 6.10 Å². The SMILES string of the molecule is CC(C)Oc1ccc(C(=O)N2CCC3(CC2)CC3C(=O)NCCCc2ccncc2)cc1. The molecule has 6 nitrogen and oxygen atoms in total. The van der Waals surface area contributed by atoms with Crippen molar-refractivity contribution >= 4 is 11.8 Å². The number of ether oxygens (including phenoxy) is 1. The molecule has 4 rings (SSSR count). The van der Waals surface area contributed by atoms with Crippen LogP contribution in [0.2, 0.25) is 0 Å². The van der Waals surface area contributed by atoms with Crippen LogP contribution in [0.1, 0.15) is 55.5 Å². The molecule has 2 aliphatic rings. The molecule has 2 fully saturated rings. The molecule has 32 heavy (non-hydrogen) atoms. The summed E-state index contributed by atoms with van der Waals surface area (Å²) in [4.78, 5) is 31.4. The van der Waals surface area contributed by atoms with Gasteiger partial charge in [0.25, 0.3) is 5.91 Å². The molecule has 0 bridgehead atoms. The minimum absolute atomic E-state index is 0.0636. The number of hydrogen-bond donors (Lipinski definition) is 1. The van der Waals surface area contributed by atoms with E-state index in [0.717, 1.165) is 50.9 Å². The Morgan fingerprint density at radius 2 is 1.81 bits per heavy atom. The van der Waals surface area contributed by atoms with E-state index in [1.54, 1.807) is 12.4 Å². The molecule has 1 saturated carbocycles. The summed E-state index contributed by atoms with van der Waals surface area (Å²) in [6.45, 7) is 6.10. The predicted octanol–water partition coefficient (Wildman–Crippen LogP) is 3.86. The van der Waals surface area contributed by atoms with E-state index >= 15 is 0 Å². The Kier molecular flexibility index (Phi) is 6.77. The molecule has 1 aromatic carbocycles. The van der Waals surface area contributed by atoms with E-state index in [1.807, 2.05) is 55.1 Å². The van der Waals surface area contributed by atoms with Gasteiger partial charge >= 0.3 is 0 Å². The van der Waals surface area contributed by atoms with Gasteiger partial charge in [-0.3, -0.25) is 14.6 Å². The summed E-state index contributed by atoms with van der Waals surface area (Å²) in [6.07, 6.45) is 8.35. The molecule has 2 amide bonds. The Hall–Kier alpha value is -2.89. The number of nitrogens with zero attached hydrogens (tertiary/aromatic N) is 2. The molecule has 1 unspecified atom stereocenters. The lowest BCUT2D eigenvalue weighted by Gasteiger charge is -2.33. The molecule has 170 valence electrons. The summed E-state index contributed by atoms with van der Waals surface area (Å²) < 4.78 is 5.66. The number of aryl methyl sites for hydroxylation is 1. The molecule has 1 aliphatic heterocycles. The number of aromatic nitrogens is 1. The molecule has 1 saturated heterocycles. The normalized spacial score (nSPS) is 19.1. The van der Waals surface area contributed by atoms with Crippen LogP contribution in [0.25, 0.3) is 0 Å². The second-order valence-electron chi connectivity index (χ2n) is 9.35. The van der Waals surface area contributed by atoms with Gasteiger partial charge in [0, 0.05) is 43.5 Å². The van der Waals surface area contributed by atoms with Crippen molar-refractivity contribution in [1.29, 1.82) is 0 Å². The highest BCUT2D eigenvalue weighted by Gasteiger charge is 2.58. The summed E-state index contributed by atoms with van der Waals surface area (Å²) in [5.41, 5.74) is 2.04. The molecular weight excluding hydrogens is 402 g/mol. The van der Waals surface area contributed by atoms with Crippen LogP contribution in [0.15, 0.2) is 48.8 Å². The Labute approximate surface area is 190 Å². The third kappa shape index (κ3) is 5.29. The fourth-order valence-electron chi connectivity index (χ4n) is 4.73. The van der Waals surface area contributed by atoms with Gasteiger partial charge < -0.3 is 15.0 Å². The second kappa shape index (κ2) is 9.72. The average Bonchev–Trinajstić information content (AvgIpc) is 3.50. The largest absolute Gasteiger partial charge is 0.491 e. The van der Waals surface area contributed by atoms with E-state index in [2.05, 4.69) is 10.3 Å². The van der Waals surface area contributed by atoms with Gasteiger partial charge in [0.1, 0.15) is 5.75 Å². The zero-order chi connectivity index (χ0) is 22.6. The highest BCUT2D eigenvalue weighted by Crippen LogP contribution is 2.59. The first kappa shape index (κ1) is 22.3. The summed E-state index contributed by atoms with van der Waals surface area (Å²) in [6, 6.07) is 11.4. The highest BCUT2D eigenvalue weighted by atomic mass is 16.5. The van der Waals surface area contributed by atoms with Crippen LogP contribution in [-0.4, -0.2) is 47.4 Å². The maximum Gasteiger partial charge on any atom is 0.253 e. The number of nitrogens with one attached hydrogen (secondary N) is 1. The second-order valence-corrected chi connectivity index (χ2v) is 9.35. The highest BCUT2D eigenvalue weighted by molar-refractivity contribution is 5.94. The van der Waals surface area contributed by atoms with Crippen LogP contribution in [0.5, 0.6) is 5.75 Å². The zero-order valence-corrected chi connectivity index (χ0v) is 19.0. The first-order chi connectivity index (χ1) is 15.5. The first-order valence-corrected chi connectivity index (χ1v) is 11.7. The molecule has 1 aromatic heterocycles. The fourth-order valence-corrected chi connectivity index (χ4v) is 4.73. The van der Waals surface area contributed by atoms with Gasteiger partial charge in [-0.05, 0) is 93.3 Å². The molecule has 0 radical (unpaired) electrons. The zero-order valence-electron chi connectivity index (χ0n) is 19.0. The van der Waals surface area contributed by atoms with Crippen LogP contribution in [0.4, 0.5) is 0 Å². The van der Waals surface area contributed by atoms with Gasteiger partial charge in [0.2, 0.25) is 5.91 Å². The molecular formula is C26H33N3O3. The lowest BCUT2D eigenvalue weighted by atomic mass is 9.90. The standard InChI is InChI=1S/C26H33N3O3/c1-19(2)32-22-7-5-21(6-8-22)25(31)29-16-11-26(12-17-29)18-23(26)24(30)28-13-3-4-20-9-14-27-15-10-20/h5-10,14-15,19,23H,3-4,11-13,16-18H2,1-2H3,(H,28,30). The number of benzene rings is 1. The summed E-state index contributed by atoms with van der Waals surface area (Å²) in [5, 5.41) is 3.12. The predicted molar refractivity (Wildman–Crippen MR) is 123 cm³/mol. The summed E-state index contributed by atoms with van der Waals surface area (Å²) in [7, 11) is 0.